The molecule has 4 bridgehead atoms. The van der Waals surface area contributed by atoms with E-state index in [-0.39, 0.29) is 0 Å². The maximum absolute atomic E-state index is 4.37. The summed E-state index contributed by atoms with van der Waals surface area (Å²) in [5.41, 5.74) is 4.40. The highest BCUT2D eigenvalue weighted by Gasteiger charge is 2.52. The molecular weight excluding hydrogens is 218 g/mol. The fourth-order valence-electron chi connectivity index (χ4n) is 4.61. The van der Waals surface area contributed by atoms with Gasteiger partial charge in [-0.1, -0.05) is 42.0 Å². The Morgan fingerprint density at radius 1 is 1.17 bits per heavy atom. The third-order valence-electron chi connectivity index (χ3n) is 5.43. The molecule has 0 radical (unpaired) electrons. The summed E-state index contributed by atoms with van der Waals surface area (Å²) in [6.45, 7) is 7.71. The van der Waals surface area contributed by atoms with Crippen LogP contribution in [0.4, 0.5) is 0 Å². The van der Waals surface area contributed by atoms with Crippen LogP contribution in [0.3, 0.4) is 0 Å². The van der Waals surface area contributed by atoms with Gasteiger partial charge in [0.15, 0.2) is 0 Å². The first kappa shape index (κ1) is 10.8. The van der Waals surface area contributed by atoms with Crippen molar-refractivity contribution in [2.45, 2.75) is 44.2 Å². The Kier molecular flexibility index (Phi) is 2.23. The van der Waals surface area contributed by atoms with Gasteiger partial charge in [0.25, 0.3) is 0 Å². The molecular formula is C17H21N. The van der Waals surface area contributed by atoms with Crippen LogP contribution in [0.5, 0.6) is 0 Å². The van der Waals surface area contributed by atoms with Gasteiger partial charge in [-0.05, 0) is 37.7 Å². The monoisotopic (exact) mass is 239 g/mol. The molecule has 1 nitrogen and oxygen atoms in total. The average Bonchev–Trinajstić information content (AvgIpc) is 2.76. The van der Waals surface area contributed by atoms with Crippen LogP contribution < -0.4 is 0 Å². The second-order valence-electron chi connectivity index (χ2n) is 6.41. The van der Waals surface area contributed by atoms with E-state index in [0.29, 0.717) is 0 Å². The Bertz CT molecular complexity index is 487. The molecule has 0 amide bonds. The highest BCUT2D eigenvalue weighted by molar-refractivity contribution is 5.33. The molecule has 1 unspecified atom stereocenters. The van der Waals surface area contributed by atoms with Gasteiger partial charge >= 0.3 is 0 Å². The van der Waals surface area contributed by atoms with E-state index in [2.05, 4.69) is 42.7 Å². The van der Waals surface area contributed by atoms with Crippen molar-refractivity contribution in [2.24, 2.45) is 5.92 Å². The van der Waals surface area contributed by atoms with Gasteiger partial charge in [0, 0.05) is 24.5 Å². The van der Waals surface area contributed by atoms with Crippen molar-refractivity contribution in [2.75, 3.05) is 6.54 Å². The molecule has 0 N–H and O–H groups in total. The van der Waals surface area contributed by atoms with E-state index in [1.165, 1.54) is 36.9 Å². The highest BCUT2D eigenvalue weighted by Crippen LogP contribution is 2.53. The fraction of sp³-hybridized carbons (Fsp3) is 0.529. The van der Waals surface area contributed by atoms with Gasteiger partial charge < -0.3 is 0 Å². The zero-order valence-electron chi connectivity index (χ0n) is 11.1. The molecule has 1 aromatic carbocycles. The van der Waals surface area contributed by atoms with Gasteiger partial charge in [0.1, 0.15) is 0 Å². The Morgan fingerprint density at radius 3 is 2.72 bits per heavy atom. The second-order valence-corrected chi connectivity index (χ2v) is 6.41. The smallest absolute Gasteiger partial charge is 0.0199 e. The Balaban J connectivity index is 1.73. The summed E-state index contributed by atoms with van der Waals surface area (Å²) in [7, 11) is 0. The van der Waals surface area contributed by atoms with Crippen molar-refractivity contribution >= 4 is 0 Å². The quantitative estimate of drug-likeness (QED) is 0.678. The van der Waals surface area contributed by atoms with Crippen molar-refractivity contribution in [1.29, 1.82) is 0 Å². The lowest BCUT2D eigenvalue weighted by molar-refractivity contribution is 0.154. The lowest BCUT2D eigenvalue weighted by Gasteiger charge is -2.37. The molecule has 18 heavy (non-hydrogen) atoms. The van der Waals surface area contributed by atoms with E-state index >= 15 is 0 Å². The number of piperidine rings is 1. The molecule has 3 fully saturated rings. The van der Waals surface area contributed by atoms with Crippen LogP contribution in [0.15, 0.2) is 36.4 Å². The minimum absolute atomic E-state index is 0.728. The highest BCUT2D eigenvalue weighted by atomic mass is 15.3. The van der Waals surface area contributed by atoms with E-state index < -0.39 is 0 Å². The summed E-state index contributed by atoms with van der Waals surface area (Å²) in [6, 6.07) is 10.9. The molecule has 3 saturated heterocycles. The summed E-state index contributed by atoms with van der Waals surface area (Å²) in [5.74, 6) is 1.46. The predicted molar refractivity (Wildman–Crippen MR) is 74.7 cm³/mol. The molecule has 1 aromatic rings. The average molecular weight is 239 g/mol. The lowest BCUT2D eigenvalue weighted by atomic mass is 9.76. The first-order chi connectivity index (χ1) is 8.74. The maximum atomic E-state index is 4.37. The van der Waals surface area contributed by atoms with E-state index in [9.17, 15) is 0 Å². The van der Waals surface area contributed by atoms with Gasteiger partial charge in [-0.15, -0.1) is 0 Å². The molecule has 0 spiro atoms. The van der Waals surface area contributed by atoms with Crippen molar-refractivity contribution < 1.29 is 0 Å². The third-order valence-corrected chi connectivity index (χ3v) is 5.43. The van der Waals surface area contributed by atoms with E-state index in [4.69, 9.17) is 0 Å². The first-order valence-electron chi connectivity index (χ1n) is 7.24. The zero-order valence-corrected chi connectivity index (χ0v) is 11.1. The van der Waals surface area contributed by atoms with Crippen LogP contribution >= 0.6 is 0 Å². The number of hydrogen-bond acceptors (Lipinski definition) is 1. The van der Waals surface area contributed by atoms with Gasteiger partial charge in [0.2, 0.25) is 0 Å². The van der Waals surface area contributed by atoms with Crippen molar-refractivity contribution in [3.05, 3.63) is 47.5 Å². The van der Waals surface area contributed by atoms with Crippen molar-refractivity contribution in [3.63, 3.8) is 0 Å². The molecule has 5 atom stereocenters. The molecule has 0 aromatic heterocycles. The predicted octanol–water partition coefficient (Wildman–Crippen LogP) is 3.50. The fourth-order valence-corrected chi connectivity index (χ4v) is 4.61. The third kappa shape index (κ3) is 1.37. The lowest BCUT2D eigenvalue weighted by Crippen LogP contribution is -2.40. The molecule has 94 valence electrons. The van der Waals surface area contributed by atoms with E-state index in [1.807, 2.05) is 0 Å². The summed E-state index contributed by atoms with van der Waals surface area (Å²) in [5, 5.41) is 0. The van der Waals surface area contributed by atoms with E-state index in [0.717, 1.165) is 23.9 Å². The standard InChI is InChI=1S/C17H21N/c1-11-3-5-13(6-4-11)15-9-14-7-8-16-17(15)12(2)10-18(14)16/h3-6,14-17H,2,7-10H2,1H3/t14-,15+,16+,17+/m0/s1. The largest absolute Gasteiger partial charge is 0.293 e. The van der Waals surface area contributed by atoms with Gasteiger partial charge in [-0.3, -0.25) is 4.90 Å². The zero-order chi connectivity index (χ0) is 12.3. The molecule has 0 aliphatic carbocycles. The topological polar surface area (TPSA) is 3.24 Å². The second kappa shape index (κ2) is 3.71. The molecule has 1 heteroatoms. The molecule has 3 aliphatic heterocycles. The Labute approximate surface area is 109 Å². The van der Waals surface area contributed by atoms with Crippen LogP contribution in [0.2, 0.25) is 0 Å². The molecule has 3 aliphatic rings. The van der Waals surface area contributed by atoms with Crippen LogP contribution in [-0.4, -0.2) is 23.5 Å². The number of aryl methyl sites for hydroxylation is 1. The summed E-state index contributed by atoms with van der Waals surface area (Å²) >= 11 is 0. The normalized spacial score (nSPS) is 41.4. The minimum Gasteiger partial charge on any atom is -0.293 e. The minimum atomic E-state index is 0.728. The summed E-state index contributed by atoms with van der Waals surface area (Å²) in [6.07, 6.45) is 4.16. The van der Waals surface area contributed by atoms with Crippen LogP contribution in [0.25, 0.3) is 0 Å². The van der Waals surface area contributed by atoms with E-state index in [1.54, 1.807) is 5.56 Å². The molecule has 0 saturated carbocycles. The number of benzene rings is 1. The van der Waals surface area contributed by atoms with Gasteiger partial charge in [-0.25, -0.2) is 0 Å². The SMILES string of the molecule is C=C1CN2[C@H]3CC[C@@H]2[C@H]1[C@@H](c1ccc(C)cc1)C3. The summed E-state index contributed by atoms with van der Waals surface area (Å²) < 4.78 is 0. The Hall–Kier alpha value is -1.08. The number of nitrogens with zero attached hydrogens (tertiary/aromatic N) is 1. The van der Waals surface area contributed by atoms with Gasteiger partial charge in [0.05, 0.1) is 0 Å². The van der Waals surface area contributed by atoms with Crippen LogP contribution in [0.1, 0.15) is 36.3 Å². The van der Waals surface area contributed by atoms with Crippen LogP contribution in [-0.2, 0) is 0 Å². The molecule has 3 heterocycles. The molecule has 4 rings (SSSR count). The van der Waals surface area contributed by atoms with Crippen molar-refractivity contribution in [3.8, 4) is 0 Å². The number of hydrogen-bond donors (Lipinski definition) is 0. The van der Waals surface area contributed by atoms with Gasteiger partial charge in [-0.2, -0.15) is 0 Å². The number of rotatable bonds is 1. The summed E-state index contributed by atoms with van der Waals surface area (Å²) in [4.78, 5) is 2.73. The maximum Gasteiger partial charge on any atom is 0.0199 e. The van der Waals surface area contributed by atoms with Crippen molar-refractivity contribution in [1.82, 2.24) is 4.90 Å². The first-order valence-corrected chi connectivity index (χ1v) is 7.24. The Morgan fingerprint density at radius 2 is 1.94 bits per heavy atom. The van der Waals surface area contributed by atoms with Crippen LogP contribution in [0, 0.1) is 12.8 Å².